The number of Topliss-reactive ketones (excluding diaryl/α,β-unsaturated/α-hetero) is 1. The first kappa shape index (κ1) is 15.5. The summed E-state index contributed by atoms with van der Waals surface area (Å²) in [6.45, 7) is 4.19. The Kier molecular flexibility index (Phi) is 4.82. The normalized spacial score (nSPS) is 23.5. The number of carbonyl (C=O) groups is 1. The van der Waals surface area contributed by atoms with Crippen LogP contribution in [-0.4, -0.2) is 23.9 Å². The minimum Gasteiger partial charge on any atom is -0.382 e. The molecule has 0 saturated heterocycles. The SMILES string of the molecule is CC1Cc2cc(C(=O)C(C)NC3CCCCCC3)ccc2N1. The van der Waals surface area contributed by atoms with E-state index in [0.717, 1.165) is 12.0 Å². The Balaban J connectivity index is 1.64. The number of hydrogen-bond acceptors (Lipinski definition) is 3. The Labute approximate surface area is 133 Å². The molecule has 1 aliphatic carbocycles. The zero-order chi connectivity index (χ0) is 15.5. The minimum atomic E-state index is -0.0899. The van der Waals surface area contributed by atoms with Crippen LogP contribution in [0.5, 0.6) is 0 Å². The van der Waals surface area contributed by atoms with Crippen LogP contribution in [0.1, 0.15) is 68.3 Å². The Morgan fingerprint density at radius 1 is 1.23 bits per heavy atom. The van der Waals surface area contributed by atoms with Gasteiger partial charge in [-0.25, -0.2) is 0 Å². The summed E-state index contributed by atoms with van der Waals surface area (Å²) in [5.74, 6) is 0.228. The van der Waals surface area contributed by atoms with Gasteiger partial charge >= 0.3 is 0 Å². The van der Waals surface area contributed by atoms with Gasteiger partial charge in [-0.05, 0) is 56.9 Å². The number of nitrogens with one attached hydrogen (secondary N) is 2. The van der Waals surface area contributed by atoms with E-state index in [1.54, 1.807) is 0 Å². The average Bonchev–Trinajstić information content (AvgIpc) is 2.70. The Hall–Kier alpha value is -1.35. The maximum atomic E-state index is 12.7. The maximum absolute atomic E-state index is 12.7. The highest BCUT2D eigenvalue weighted by Crippen LogP contribution is 2.27. The topological polar surface area (TPSA) is 41.1 Å². The summed E-state index contributed by atoms with van der Waals surface area (Å²) in [4.78, 5) is 12.7. The van der Waals surface area contributed by atoms with Crippen LogP contribution in [0.25, 0.3) is 0 Å². The van der Waals surface area contributed by atoms with Gasteiger partial charge in [0.1, 0.15) is 0 Å². The van der Waals surface area contributed by atoms with Crippen molar-refractivity contribution in [2.75, 3.05) is 5.32 Å². The molecule has 1 aromatic rings. The van der Waals surface area contributed by atoms with E-state index in [-0.39, 0.29) is 11.8 Å². The van der Waals surface area contributed by atoms with E-state index in [1.165, 1.54) is 49.8 Å². The van der Waals surface area contributed by atoms with Crippen LogP contribution in [0.4, 0.5) is 5.69 Å². The van der Waals surface area contributed by atoms with Gasteiger partial charge in [0.2, 0.25) is 0 Å². The third-order valence-corrected chi connectivity index (χ3v) is 5.05. The van der Waals surface area contributed by atoms with E-state index in [4.69, 9.17) is 0 Å². The predicted molar refractivity (Wildman–Crippen MR) is 91.6 cm³/mol. The fourth-order valence-corrected chi connectivity index (χ4v) is 3.83. The van der Waals surface area contributed by atoms with E-state index >= 15 is 0 Å². The van der Waals surface area contributed by atoms with E-state index in [9.17, 15) is 4.79 Å². The molecule has 3 heteroatoms. The molecule has 120 valence electrons. The van der Waals surface area contributed by atoms with Crippen molar-refractivity contribution in [1.82, 2.24) is 5.32 Å². The monoisotopic (exact) mass is 300 g/mol. The summed E-state index contributed by atoms with van der Waals surface area (Å²) < 4.78 is 0. The summed E-state index contributed by atoms with van der Waals surface area (Å²) in [5, 5.41) is 7.01. The number of ketones is 1. The smallest absolute Gasteiger partial charge is 0.179 e. The van der Waals surface area contributed by atoms with E-state index < -0.39 is 0 Å². The molecule has 1 saturated carbocycles. The molecule has 2 N–H and O–H groups in total. The molecule has 0 spiro atoms. The lowest BCUT2D eigenvalue weighted by atomic mass is 9.99. The van der Waals surface area contributed by atoms with Crippen LogP contribution >= 0.6 is 0 Å². The standard InChI is InChI=1S/C19H28N2O/c1-13-11-16-12-15(9-10-18(16)20-13)19(22)14(2)21-17-7-5-3-4-6-8-17/h9-10,12-14,17,20-21H,3-8,11H2,1-2H3. The van der Waals surface area contributed by atoms with Gasteiger partial charge in [-0.15, -0.1) is 0 Å². The van der Waals surface area contributed by atoms with Gasteiger partial charge in [0, 0.05) is 23.3 Å². The van der Waals surface area contributed by atoms with Crippen LogP contribution in [0, 0.1) is 0 Å². The van der Waals surface area contributed by atoms with Gasteiger partial charge in [-0.2, -0.15) is 0 Å². The highest BCUT2D eigenvalue weighted by molar-refractivity contribution is 6.00. The zero-order valence-corrected chi connectivity index (χ0v) is 13.8. The van der Waals surface area contributed by atoms with Gasteiger partial charge in [-0.1, -0.05) is 25.7 Å². The minimum absolute atomic E-state index is 0.0899. The van der Waals surface area contributed by atoms with Gasteiger partial charge in [-0.3, -0.25) is 4.79 Å². The Morgan fingerprint density at radius 2 is 1.95 bits per heavy atom. The number of carbonyl (C=O) groups excluding carboxylic acids is 1. The summed E-state index contributed by atoms with van der Waals surface area (Å²) in [5.41, 5.74) is 3.32. The van der Waals surface area contributed by atoms with Crippen molar-refractivity contribution < 1.29 is 4.79 Å². The molecular weight excluding hydrogens is 272 g/mol. The lowest BCUT2D eigenvalue weighted by Gasteiger charge is -2.21. The van der Waals surface area contributed by atoms with Gasteiger partial charge in [0.25, 0.3) is 0 Å². The van der Waals surface area contributed by atoms with E-state index in [0.29, 0.717) is 12.1 Å². The van der Waals surface area contributed by atoms with Crippen molar-refractivity contribution >= 4 is 11.5 Å². The van der Waals surface area contributed by atoms with Crippen molar-refractivity contribution in [1.29, 1.82) is 0 Å². The lowest BCUT2D eigenvalue weighted by molar-refractivity contribution is 0.0942. The summed E-state index contributed by atoms with van der Waals surface area (Å²) in [6, 6.07) is 7.01. The first-order valence-corrected chi connectivity index (χ1v) is 8.83. The molecule has 0 bridgehead atoms. The van der Waals surface area contributed by atoms with Gasteiger partial charge in [0.05, 0.1) is 6.04 Å². The number of rotatable bonds is 4. The quantitative estimate of drug-likeness (QED) is 0.654. The second-order valence-electron chi connectivity index (χ2n) is 7.06. The molecule has 1 aromatic carbocycles. The molecule has 1 aliphatic heterocycles. The first-order valence-electron chi connectivity index (χ1n) is 8.83. The molecule has 1 fully saturated rings. The van der Waals surface area contributed by atoms with Gasteiger partial charge < -0.3 is 10.6 Å². The van der Waals surface area contributed by atoms with E-state index in [2.05, 4.69) is 29.7 Å². The average molecular weight is 300 g/mol. The molecule has 3 nitrogen and oxygen atoms in total. The zero-order valence-electron chi connectivity index (χ0n) is 13.8. The number of hydrogen-bond donors (Lipinski definition) is 2. The Morgan fingerprint density at radius 3 is 2.68 bits per heavy atom. The number of anilines is 1. The summed E-state index contributed by atoms with van der Waals surface area (Å²) in [6.07, 6.45) is 8.71. The molecule has 2 aliphatic rings. The van der Waals surface area contributed by atoms with Crippen molar-refractivity contribution in [3.05, 3.63) is 29.3 Å². The second-order valence-corrected chi connectivity index (χ2v) is 7.06. The summed E-state index contributed by atoms with van der Waals surface area (Å²) in [7, 11) is 0. The fourth-order valence-electron chi connectivity index (χ4n) is 3.83. The van der Waals surface area contributed by atoms with Crippen molar-refractivity contribution in [3.63, 3.8) is 0 Å². The van der Waals surface area contributed by atoms with Crippen LogP contribution in [0.15, 0.2) is 18.2 Å². The molecule has 0 radical (unpaired) electrons. The third-order valence-electron chi connectivity index (χ3n) is 5.05. The molecule has 3 rings (SSSR count). The molecule has 2 atom stereocenters. The van der Waals surface area contributed by atoms with Crippen molar-refractivity contribution in [2.45, 2.75) is 76.9 Å². The number of fused-ring (bicyclic) bond motifs is 1. The first-order chi connectivity index (χ1) is 10.6. The molecule has 1 heterocycles. The number of benzene rings is 1. The Bertz CT molecular complexity index is 532. The molecule has 2 unspecified atom stereocenters. The predicted octanol–water partition coefficient (Wildman–Crippen LogP) is 3.93. The maximum Gasteiger partial charge on any atom is 0.179 e. The lowest BCUT2D eigenvalue weighted by Crippen LogP contribution is -2.41. The van der Waals surface area contributed by atoms with Crippen LogP contribution in [0.3, 0.4) is 0 Å². The molecule has 0 amide bonds. The second kappa shape index (κ2) is 6.82. The highest BCUT2D eigenvalue weighted by atomic mass is 16.1. The molecular formula is C19H28N2O. The van der Waals surface area contributed by atoms with E-state index in [1.807, 2.05) is 13.0 Å². The fraction of sp³-hybridized carbons (Fsp3) is 0.632. The van der Waals surface area contributed by atoms with Crippen LogP contribution in [0.2, 0.25) is 0 Å². The largest absolute Gasteiger partial charge is 0.382 e. The van der Waals surface area contributed by atoms with Crippen LogP contribution < -0.4 is 10.6 Å². The summed E-state index contributed by atoms with van der Waals surface area (Å²) >= 11 is 0. The molecule has 0 aromatic heterocycles. The van der Waals surface area contributed by atoms with Crippen molar-refractivity contribution in [2.24, 2.45) is 0 Å². The third kappa shape index (κ3) is 3.52. The van der Waals surface area contributed by atoms with Crippen molar-refractivity contribution in [3.8, 4) is 0 Å². The highest BCUT2D eigenvalue weighted by Gasteiger charge is 2.22. The molecule has 22 heavy (non-hydrogen) atoms. The van der Waals surface area contributed by atoms with Gasteiger partial charge in [0.15, 0.2) is 5.78 Å². The van der Waals surface area contributed by atoms with Crippen LogP contribution in [-0.2, 0) is 6.42 Å².